The first-order valence-electron chi connectivity index (χ1n) is 4.60. The van der Waals surface area contributed by atoms with Gasteiger partial charge in [-0.25, -0.2) is 0 Å². The van der Waals surface area contributed by atoms with Gasteiger partial charge in [0, 0.05) is 24.0 Å². The number of carbonyl (C=O) groups is 2. The summed E-state index contributed by atoms with van der Waals surface area (Å²) in [5, 5.41) is 0. The lowest BCUT2D eigenvalue weighted by molar-refractivity contribution is -0.118. The van der Waals surface area contributed by atoms with Crippen molar-refractivity contribution in [1.29, 1.82) is 0 Å². The Balaban J connectivity index is 2.91. The van der Waals surface area contributed by atoms with Crippen molar-refractivity contribution in [3.8, 4) is 0 Å². The van der Waals surface area contributed by atoms with Crippen molar-refractivity contribution in [2.45, 2.75) is 0 Å². The molecule has 2 amide bonds. The summed E-state index contributed by atoms with van der Waals surface area (Å²) in [6, 6.07) is 4.54. The van der Waals surface area contributed by atoms with Crippen molar-refractivity contribution < 1.29 is 9.59 Å². The van der Waals surface area contributed by atoms with Crippen molar-refractivity contribution in [2.75, 3.05) is 25.1 Å². The van der Waals surface area contributed by atoms with Crippen molar-refractivity contribution in [3.63, 3.8) is 0 Å². The standard InChI is InChI=1S/C10H14N4O2/c1-14(5-9(13)15)10(16)6-2-7(11)4-8(12)3-6/h2-4H,5,11-12H2,1H3,(H2,13,15). The molecule has 0 atom stereocenters. The van der Waals surface area contributed by atoms with E-state index in [2.05, 4.69) is 0 Å². The van der Waals surface area contributed by atoms with Crippen molar-refractivity contribution in [2.24, 2.45) is 5.73 Å². The topological polar surface area (TPSA) is 115 Å². The molecule has 0 unspecified atom stereocenters. The first kappa shape index (κ1) is 11.8. The Hall–Kier alpha value is -2.24. The molecule has 0 radical (unpaired) electrons. The van der Waals surface area contributed by atoms with E-state index in [9.17, 15) is 9.59 Å². The molecule has 6 nitrogen and oxygen atoms in total. The Labute approximate surface area is 93.0 Å². The summed E-state index contributed by atoms with van der Waals surface area (Å²) in [4.78, 5) is 23.7. The second-order valence-corrected chi connectivity index (χ2v) is 3.52. The van der Waals surface area contributed by atoms with Crippen LogP contribution in [-0.4, -0.2) is 30.3 Å². The van der Waals surface area contributed by atoms with Crippen LogP contribution >= 0.6 is 0 Å². The fourth-order valence-electron chi connectivity index (χ4n) is 1.33. The molecule has 6 N–H and O–H groups in total. The van der Waals surface area contributed by atoms with Gasteiger partial charge in [0.05, 0.1) is 6.54 Å². The zero-order valence-corrected chi connectivity index (χ0v) is 8.93. The molecule has 0 saturated heterocycles. The van der Waals surface area contributed by atoms with Gasteiger partial charge in [-0.3, -0.25) is 9.59 Å². The van der Waals surface area contributed by atoms with Gasteiger partial charge >= 0.3 is 0 Å². The fourth-order valence-corrected chi connectivity index (χ4v) is 1.33. The van der Waals surface area contributed by atoms with Gasteiger partial charge in [0.1, 0.15) is 0 Å². The number of primary amides is 1. The lowest BCUT2D eigenvalue weighted by Crippen LogP contribution is -2.35. The maximum atomic E-state index is 11.8. The third kappa shape index (κ3) is 2.88. The number of rotatable bonds is 3. The third-order valence-corrected chi connectivity index (χ3v) is 1.96. The molecule has 16 heavy (non-hydrogen) atoms. The monoisotopic (exact) mass is 222 g/mol. The Morgan fingerprint density at radius 1 is 1.19 bits per heavy atom. The number of nitrogens with zero attached hydrogens (tertiary/aromatic N) is 1. The van der Waals surface area contributed by atoms with Gasteiger partial charge in [0.2, 0.25) is 5.91 Å². The normalized spacial score (nSPS) is 9.81. The number of hydrogen-bond donors (Lipinski definition) is 3. The van der Waals surface area contributed by atoms with E-state index in [-0.39, 0.29) is 12.5 Å². The van der Waals surface area contributed by atoms with E-state index in [0.717, 1.165) is 0 Å². The highest BCUT2D eigenvalue weighted by Crippen LogP contribution is 2.14. The molecular formula is C10H14N4O2. The lowest BCUT2D eigenvalue weighted by atomic mass is 10.1. The van der Waals surface area contributed by atoms with E-state index in [1.165, 1.54) is 24.1 Å². The van der Waals surface area contributed by atoms with Crippen LogP contribution in [0.3, 0.4) is 0 Å². The molecule has 0 saturated carbocycles. The first-order valence-corrected chi connectivity index (χ1v) is 4.60. The summed E-state index contributed by atoms with van der Waals surface area (Å²) in [7, 11) is 1.48. The molecule has 0 aliphatic carbocycles. The van der Waals surface area contributed by atoms with E-state index in [4.69, 9.17) is 17.2 Å². The van der Waals surface area contributed by atoms with Crippen molar-refractivity contribution in [1.82, 2.24) is 4.90 Å². The van der Waals surface area contributed by atoms with Crippen LogP contribution in [0.15, 0.2) is 18.2 Å². The zero-order chi connectivity index (χ0) is 12.3. The SMILES string of the molecule is CN(CC(N)=O)C(=O)c1cc(N)cc(N)c1. The predicted molar refractivity (Wildman–Crippen MR) is 61.4 cm³/mol. The number of likely N-dealkylation sites (N-methyl/N-ethyl adjacent to an activating group) is 1. The van der Waals surface area contributed by atoms with Gasteiger partial charge < -0.3 is 22.1 Å². The second-order valence-electron chi connectivity index (χ2n) is 3.52. The molecule has 6 heteroatoms. The van der Waals surface area contributed by atoms with E-state index < -0.39 is 5.91 Å². The Bertz CT molecular complexity index is 411. The summed E-state index contributed by atoms with van der Waals surface area (Å²) >= 11 is 0. The van der Waals surface area contributed by atoms with Crippen LogP contribution in [0.2, 0.25) is 0 Å². The summed E-state index contributed by atoms with van der Waals surface area (Å²) in [6.45, 7) is -0.145. The number of nitrogen functional groups attached to an aromatic ring is 2. The number of hydrogen-bond acceptors (Lipinski definition) is 4. The molecule has 0 aliphatic heterocycles. The maximum absolute atomic E-state index is 11.8. The summed E-state index contributed by atoms with van der Waals surface area (Å²) in [6.07, 6.45) is 0. The van der Waals surface area contributed by atoms with Crippen LogP contribution in [0.4, 0.5) is 11.4 Å². The van der Waals surface area contributed by atoms with Gasteiger partial charge in [0.25, 0.3) is 5.91 Å². The number of amides is 2. The minimum Gasteiger partial charge on any atom is -0.399 e. The highest BCUT2D eigenvalue weighted by Gasteiger charge is 2.14. The zero-order valence-electron chi connectivity index (χ0n) is 8.93. The van der Waals surface area contributed by atoms with E-state index in [1.807, 2.05) is 0 Å². The number of benzene rings is 1. The average molecular weight is 222 g/mol. The van der Waals surface area contributed by atoms with E-state index in [1.54, 1.807) is 6.07 Å². The smallest absolute Gasteiger partial charge is 0.254 e. The molecule has 86 valence electrons. The second kappa shape index (κ2) is 4.52. The summed E-state index contributed by atoms with van der Waals surface area (Å²) < 4.78 is 0. The van der Waals surface area contributed by atoms with Crippen LogP contribution < -0.4 is 17.2 Å². The van der Waals surface area contributed by atoms with Gasteiger partial charge in [-0.15, -0.1) is 0 Å². The Morgan fingerprint density at radius 2 is 1.69 bits per heavy atom. The molecule has 0 aliphatic rings. The quantitative estimate of drug-likeness (QED) is 0.592. The molecular weight excluding hydrogens is 208 g/mol. The van der Waals surface area contributed by atoms with E-state index in [0.29, 0.717) is 16.9 Å². The number of nitrogens with two attached hydrogens (primary N) is 3. The van der Waals surface area contributed by atoms with Gasteiger partial charge in [0.15, 0.2) is 0 Å². The lowest BCUT2D eigenvalue weighted by Gasteiger charge is -2.15. The third-order valence-electron chi connectivity index (χ3n) is 1.96. The first-order chi connectivity index (χ1) is 7.40. The van der Waals surface area contributed by atoms with Crippen LogP contribution in [0.5, 0.6) is 0 Å². The van der Waals surface area contributed by atoms with Crippen LogP contribution in [-0.2, 0) is 4.79 Å². The van der Waals surface area contributed by atoms with Crippen molar-refractivity contribution >= 4 is 23.2 Å². The molecule has 0 aromatic heterocycles. The fraction of sp³-hybridized carbons (Fsp3) is 0.200. The molecule has 1 rings (SSSR count). The van der Waals surface area contributed by atoms with E-state index >= 15 is 0 Å². The predicted octanol–water partition coefficient (Wildman–Crippen LogP) is -0.592. The molecule has 0 bridgehead atoms. The highest BCUT2D eigenvalue weighted by molar-refractivity contribution is 5.97. The molecule has 1 aromatic carbocycles. The molecule has 1 aromatic rings. The summed E-state index contributed by atoms with van der Waals surface area (Å²) in [5.41, 5.74) is 17.2. The molecule has 0 spiro atoms. The highest BCUT2D eigenvalue weighted by atomic mass is 16.2. The Kier molecular flexibility index (Phi) is 3.34. The van der Waals surface area contributed by atoms with Gasteiger partial charge in [-0.1, -0.05) is 0 Å². The summed E-state index contributed by atoms with van der Waals surface area (Å²) in [5.74, 6) is -0.925. The molecule has 0 heterocycles. The number of carbonyl (C=O) groups excluding carboxylic acids is 2. The van der Waals surface area contributed by atoms with Crippen molar-refractivity contribution in [3.05, 3.63) is 23.8 Å². The van der Waals surface area contributed by atoms with Crippen LogP contribution in [0.25, 0.3) is 0 Å². The largest absolute Gasteiger partial charge is 0.399 e. The van der Waals surface area contributed by atoms with Crippen LogP contribution in [0.1, 0.15) is 10.4 Å². The maximum Gasteiger partial charge on any atom is 0.254 e. The minimum absolute atomic E-state index is 0.145. The average Bonchev–Trinajstić information content (AvgIpc) is 2.13. The molecule has 0 fully saturated rings. The number of anilines is 2. The van der Waals surface area contributed by atoms with Gasteiger partial charge in [-0.05, 0) is 18.2 Å². The minimum atomic E-state index is -0.576. The Morgan fingerprint density at radius 3 is 2.12 bits per heavy atom. The van der Waals surface area contributed by atoms with Crippen LogP contribution in [0, 0.1) is 0 Å². The van der Waals surface area contributed by atoms with Gasteiger partial charge in [-0.2, -0.15) is 0 Å².